The van der Waals surface area contributed by atoms with Gasteiger partial charge >= 0.3 is 5.97 Å². The molecule has 0 radical (unpaired) electrons. The number of quaternary nitrogens is 1. The summed E-state index contributed by atoms with van der Waals surface area (Å²) in [4.78, 5) is 10.7. The van der Waals surface area contributed by atoms with Crippen LogP contribution in [0.15, 0.2) is 12.2 Å². The molecule has 0 rings (SSSR count). The van der Waals surface area contributed by atoms with Crippen molar-refractivity contribution in [1.29, 1.82) is 0 Å². The van der Waals surface area contributed by atoms with Crippen molar-refractivity contribution in [3.8, 4) is 0 Å². The molecule has 0 aliphatic rings. The smallest absolute Gasteiger partial charge is 0.333 e. The van der Waals surface area contributed by atoms with Crippen molar-refractivity contribution in [2.24, 2.45) is 0 Å². The van der Waals surface area contributed by atoms with E-state index >= 15 is 0 Å². The van der Waals surface area contributed by atoms with Gasteiger partial charge in [0.2, 0.25) is 0 Å². The van der Waals surface area contributed by atoms with Gasteiger partial charge in [-0.15, -0.1) is 0 Å². The highest BCUT2D eigenvalue weighted by Gasteiger charge is 2.01. The van der Waals surface area contributed by atoms with Crippen LogP contribution in [0.1, 0.15) is 20.8 Å². The van der Waals surface area contributed by atoms with Crippen LogP contribution in [0.5, 0.6) is 0 Å². The lowest BCUT2D eigenvalue weighted by atomic mass is 10.4. The molecule has 13 heavy (non-hydrogen) atoms. The molecule has 0 amide bonds. The molecular weight excluding hydrogens is 190 g/mol. The highest BCUT2D eigenvalue weighted by atomic mass is 35.5. The molecular formula is C9H20ClNO2. The average Bonchev–Trinajstić information content (AvgIpc) is 2.08. The SMILES string of the molecule is C=C(C)C(=O)OCC[NH2+]C.CC.[Cl-]. The van der Waals surface area contributed by atoms with Crippen molar-refractivity contribution < 1.29 is 27.3 Å². The summed E-state index contributed by atoms with van der Waals surface area (Å²) in [5.41, 5.74) is 0.455. The zero-order chi connectivity index (χ0) is 9.98. The second-order valence-electron chi connectivity index (χ2n) is 2.11. The van der Waals surface area contributed by atoms with Crippen LogP contribution in [0.4, 0.5) is 0 Å². The maximum atomic E-state index is 10.7. The van der Waals surface area contributed by atoms with Gasteiger partial charge in [-0.05, 0) is 6.92 Å². The molecule has 0 spiro atoms. The number of likely N-dealkylation sites (N-methyl/N-ethyl adjacent to an activating group) is 1. The summed E-state index contributed by atoms with van der Waals surface area (Å²) in [7, 11) is 1.93. The molecule has 0 aromatic carbocycles. The van der Waals surface area contributed by atoms with E-state index in [9.17, 15) is 4.79 Å². The predicted octanol–water partition coefficient (Wildman–Crippen LogP) is -2.67. The minimum Gasteiger partial charge on any atom is -1.00 e. The van der Waals surface area contributed by atoms with E-state index in [-0.39, 0.29) is 18.4 Å². The number of carbonyl (C=O) groups excluding carboxylic acids is 1. The Morgan fingerprint density at radius 1 is 1.46 bits per heavy atom. The Balaban J connectivity index is -0.000000309. The molecule has 0 saturated heterocycles. The molecule has 2 N–H and O–H groups in total. The Kier molecular flexibility index (Phi) is 19.7. The molecule has 0 heterocycles. The highest BCUT2D eigenvalue weighted by Crippen LogP contribution is 1.89. The third-order valence-electron chi connectivity index (χ3n) is 0.988. The zero-order valence-electron chi connectivity index (χ0n) is 8.89. The van der Waals surface area contributed by atoms with Gasteiger partial charge in [0.25, 0.3) is 0 Å². The molecule has 0 aromatic rings. The Hall–Kier alpha value is -0.540. The number of ether oxygens (including phenoxy) is 1. The molecule has 0 saturated carbocycles. The summed E-state index contributed by atoms with van der Waals surface area (Å²) in [6.07, 6.45) is 0. The van der Waals surface area contributed by atoms with Crippen LogP contribution in [0, 0.1) is 0 Å². The van der Waals surface area contributed by atoms with Crippen LogP contribution < -0.4 is 17.7 Å². The number of halogens is 1. The van der Waals surface area contributed by atoms with Crippen LogP contribution in [0.25, 0.3) is 0 Å². The lowest BCUT2D eigenvalue weighted by Gasteiger charge is -2.00. The van der Waals surface area contributed by atoms with Gasteiger partial charge in [-0.25, -0.2) is 4.79 Å². The van der Waals surface area contributed by atoms with Crippen LogP contribution in [0.2, 0.25) is 0 Å². The Bertz CT molecular complexity index is 138. The highest BCUT2D eigenvalue weighted by molar-refractivity contribution is 5.86. The third-order valence-corrected chi connectivity index (χ3v) is 0.988. The van der Waals surface area contributed by atoms with Crippen LogP contribution in [-0.2, 0) is 9.53 Å². The Labute approximate surface area is 87.0 Å². The van der Waals surface area contributed by atoms with Crippen LogP contribution in [-0.4, -0.2) is 26.2 Å². The summed E-state index contributed by atoms with van der Waals surface area (Å²) < 4.78 is 4.77. The molecule has 0 atom stereocenters. The monoisotopic (exact) mass is 209 g/mol. The quantitative estimate of drug-likeness (QED) is 0.312. The van der Waals surface area contributed by atoms with Crippen molar-refractivity contribution >= 4 is 5.97 Å². The van der Waals surface area contributed by atoms with E-state index in [0.717, 1.165) is 6.54 Å². The Morgan fingerprint density at radius 3 is 2.23 bits per heavy atom. The molecule has 4 heteroatoms. The largest absolute Gasteiger partial charge is 1.00 e. The predicted molar refractivity (Wildman–Crippen MR) is 49.8 cm³/mol. The second-order valence-corrected chi connectivity index (χ2v) is 2.11. The van der Waals surface area contributed by atoms with E-state index in [1.54, 1.807) is 6.92 Å². The number of rotatable bonds is 4. The molecule has 0 bridgehead atoms. The first-order valence-electron chi connectivity index (χ1n) is 4.29. The first kappa shape index (κ1) is 18.3. The van der Waals surface area contributed by atoms with Gasteiger partial charge in [-0.2, -0.15) is 0 Å². The van der Waals surface area contributed by atoms with E-state index in [0.29, 0.717) is 12.2 Å². The summed E-state index contributed by atoms with van der Waals surface area (Å²) in [5, 5.41) is 1.95. The normalized spacial score (nSPS) is 7.38. The first-order chi connectivity index (χ1) is 5.68. The minimum atomic E-state index is -0.304. The zero-order valence-corrected chi connectivity index (χ0v) is 9.65. The lowest BCUT2D eigenvalue weighted by Crippen LogP contribution is -3.00. The molecule has 80 valence electrons. The maximum Gasteiger partial charge on any atom is 0.333 e. The Morgan fingerprint density at radius 2 is 1.92 bits per heavy atom. The average molecular weight is 210 g/mol. The van der Waals surface area contributed by atoms with Gasteiger partial charge < -0.3 is 22.5 Å². The van der Waals surface area contributed by atoms with Gasteiger partial charge in [0.15, 0.2) is 0 Å². The van der Waals surface area contributed by atoms with Crippen LogP contribution >= 0.6 is 0 Å². The van der Waals surface area contributed by atoms with Gasteiger partial charge in [0.1, 0.15) is 13.2 Å². The van der Waals surface area contributed by atoms with Crippen molar-refractivity contribution in [3.63, 3.8) is 0 Å². The van der Waals surface area contributed by atoms with Gasteiger partial charge in [-0.1, -0.05) is 20.4 Å². The lowest BCUT2D eigenvalue weighted by molar-refractivity contribution is -0.628. The maximum absolute atomic E-state index is 10.7. The van der Waals surface area contributed by atoms with E-state index in [4.69, 9.17) is 4.74 Å². The fourth-order valence-electron chi connectivity index (χ4n) is 0.393. The standard InChI is InChI=1S/C7H13NO2.C2H6.ClH/c1-6(2)7(9)10-5-4-8-3;1-2;/h8H,1,4-5H2,2-3H3;1-2H3;1H. The third kappa shape index (κ3) is 14.3. The molecule has 0 aromatic heterocycles. The summed E-state index contributed by atoms with van der Waals surface area (Å²) in [5.74, 6) is -0.304. The number of hydrogen-bond acceptors (Lipinski definition) is 2. The number of esters is 1. The molecule has 0 unspecified atom stereocenters. The van der Waals surface area contributed by atoms with E-state index in [1.807, 2.05) is 26.2 Å². The van der Waals surface area contributed by atoms with Crippen molar-refractivity contribution in [2.45, 2.75) is 20.8 Å². The van der Waals surface area contributed by atoms with Gasteiger partial charge in [0.05, 0.1) is 7.05 Å². The van der Waals surface area contributed by atoms with E-state index in [1.165, 1.54) is 0 Å². The molecule has 0 fully saturated rings. The van der Waals surface area contributed by atoms with Crippen molar-refractivity contribution in [2.75, 3.05) is 20.2 Å². The van der Waals surface area contributed by atoms with Crippen LogP contribution in [0.3, 0.4) is 0 Å². The summed E-state index contributed by atoms with van der Waals surface area (Å²) in [6.45, 7) is 10.4. The summed E-state index contributed by atoms with van der Waals surface area (Å²) >= 11 is 0. The minimum absolute atomic E-state index is 0. The first-order valence-corrected chi connectivity index (χ1v) is 4.29. The number of carbonyl (C=O) groups is 1. The molecule has 3 nitrogen and oxygen atoms in total. The fourth-order valence-corrected chi connectivity index (χ4v) is 0.393. The fraction of sp³-hybridized carbons (Fsp3) is 0.667. The van der Waals surface area contributed by atoms with Gasteiger partial charge in [0, 0.05) is 5.57 Å². The molecule has 0 aliphatic carbocycles. The second kappa shape index (κ2) is 14.0. The van der Waals surface area contributed by atoms with Gasteiger partial charge in [-0.3, -0.25) is 0 Å². The van der Waals surface area contributed by atoms with E-state index in [2.05, 4.69) is 6.58 Å². The van der Waals surface area contributed by atoms with E-state index < -0.39 is 0 Å². The summed E-state index contributed by atoms with van der Waals surface area (Å²) in [6, 6.07) is 0. The van der Waals surface area contributed by atoms with Crippen molar-refractivity contribution in [1.82, 2.24) is 0 Å². The number of hydrogen-bond donors (Lipinski definition) is 1. The molecule has 0 aliphatic heterocycles. The number of nitrogens with two attached hydrogens (primary N) is 1. The topological polar surface area (TPSA) is 42.9 Å². The van der Waals surface area contributed by atoms with Crippen molar-refractivity contribution in [3.05, 3.63) is 12.2 Å².